The number of hydrogen-bond acceptors (Lipinski definition) is 4. The summed E-state index contributed by atoms with van der Waals surface area (Å²) in [5.74, 6) is 1.30. The molecule has 1 saturated carbocycles. The van der Waals surface area contributed by atoms with Crippen molar-refractivity contribution in [2.75, 3.05) is 26.2 Å². The average molecular weight is 335 g/mol. The fraction of sp³-hybridized carbons (Fsp3) is 0.722. The number of likely N-dealkylation sites (tertiary alicyclic amines) is 1. The monoisotopic (exact) mass is 335 g/mol. The molecule has 2 heterocycles. The van der Waals surface area contributed by atoms with Crippen molar-refractivity contribution in [3.05, 3.63) is 24.2 Å². The van der Waals surface area contributed by atoms with E-state index in [1.54, 1.807) is 19.1 Å². The molecule has 2 fully saturated rings. The van der Waals surface area contributed by atoms with Crippen molar-refractivity contribution in [1.82, 2.24) is 15.5 Å². The smallest absolute Gasteiger partial charge is 0.315 e. The van der Waals surface area contributed by atoms with Crippen molar-refractivity contribution < 1.29 is 14.3 Å². The Bertz CT molecular complexity index is 524. The Morgan fingerprint density at radius 2 is 2.21 bits per heavy atom. The molecule has 134 valence electrons. The first-order valence-electron chi connectivity index (χ1n) is 9.06. The first-order chi connectivity index (χ1) is 11.5. The molecule has 3 N–H and O–H groups in total. The SMILES string of the molecule is CC(O)(CNC(=O)NC1CCN(CC2CCCC2)C1)c1ccco1. The molecule has 6 nitrogen and oxygen atoms in total. The highest BCUT2D eigenvalue weighted by Crippen LogP contribution is 2.26. The van der Waals surface area contributed by atoms with Gasteiger partial charge in [0, 0.05) is 25.7 Å². The maximum Gasteiger partial charge on any atom is 0.315 e. The van der Waals surface area contributed by atoms with Crippen LogP contribution in [0.1, 0.15) is 44.8 Å². The predicted molar refractivity (Wildman–Crippen MR) is 91.6 cm³/mol. The molecule has 2 unspecified atom stereocenters. The van der Waals surface area contributed by atoms with E-state index in [1.165, 1.54) is 38.5 Å². The molecule has 24 heavy (non-hydrogen) atoms. The summed E-state index contributed by atoms with van der Waals surface area (Å²) in [4.78, 5) is 14.6. The van der Waals surface area contributed by atoms with Crippen LogP contribution < -0.4 is 10.6 Å². The average Bonchev–Trinajstić information content (AvgIpc) is 3.28. The first-order valence-corrected chi connectivity index (χ1v) is 9.06. The van der Waals surface area contributed by atoms with Crippen LogP contribution in [-0.4, -0.2) is 48.3 Å². The van der Waals surface area contributed by atoms with Crippen molar-refractivity contribution in [1.29, 1.82) is 0 Å². The number of amides is 2. The lowest BCUT2D eigenvalue weighted by atomic mass is 10.0. The van der Waals surface area contributed by atoms with Gasteiger partial charge in [-0.1, -0.05) is 12.8 Å². The van der Waals surface area contributed by atoms with E-state index in [9.17, 15) is 9.90 Å². The summed E-state index contributed by atoms with van der Waals surface area (Å²) in [7, 11) is 0. The number of nitrogens with zero attached hydrogens (tertiary/aromatic N) is 1. The maximum atomic E-state index is 12.1. The second-order valence-corrected chi connectivity index (χ2v) is 7.47. The number of furan rings is 1. The normalized spacial score (nSPS) is 24.8. The van der Waals surface area contributed by atoms with Gasteiger partial charge in [-0.15, -0.1) is 0 Å². The molecule has 0 aromatic carbocycles. The van der Waals surface area contributed by atoms with Crippen LogP contribution in [0, 0.1) is 5.92 Å². The number of carbonyl (C=O) groups excluding carboxylic acids is 1. The standard InChI is InChI=1S/C18H29N3O3/c1-18(23,16-7-4-10-24-16)13-19-17(22)20-15-8-9-21(12-15)11-14-5-2-3-6-14/h4,7,10,14-15,23H,2-3,5-6,8-9,11-13H2,1H3,(H2,19,20,22). The molecule has 2 atom stereocenters. The van der Waals surface area contributed by atoms with Gasteiger partial charge in [0.1, 0.15) is 11.4 Å². The van der Waals surface area contributed by atoms with Crippen LogP contribution in [0.5, 0.6) is 0 Å². The molecule has 6 heteroatoms. The zero-order valence-electron chi connectivity index (χ0n) is 14.5. The van der Waals surface area contributed by atoms with Crippen molar-refractivity contribution in [3.63, 3.8) is 0 Å². The van der Waals surface area contributed by atoms with Gasteiger partial charge in [-0.05, 0) is 44.2 Å². The van der Waals surface area contributed by atoms with Crippen LogP contribution in [0.3, 0.4) is 0 Å². The topological polar surface area (TPSA) is 77.7 Å². The minimum atomic E-state index is -1.20. The molecule has 0 radical (unpaired) electrons. The summed E-state index contributed by atoms with van der Waals surface area (Å²) in [6, 6.07) is 3.40. The quantitative estimate of drug-likeness (QED) is 0.743. The van der Waals surface area contributed by atoms with Gasteiger partial charge in [0.2, 0.25) is 0 Å². The molecular weight excluding hydrogens is 306 g/mol. The van der Waals surface area contributed by atoms with Gasteiger partial charge < -0.3 is 25.1 Å². The Balaban J connectivity index is 1.38. The molecule has 3 rings (SSSR count). The third kappa shape index (κ3) is 4.51. The van der Waals surface area contributed by atoms with E-state index in [1.807, 2.05) is 0 Å². The lowest BCUT2D eigenvalue weighted by Crippen LogP contribution is -2.47. The Hall–Kier alpha value is -1.53. The minimum absolute atomic E-state index is 0.116. The molecule has 1 aliphatic carbocycles. The zero-order valence-corrected chi connectivity index (χ0v) is 14.5. The van der Waals surface area contributed by atoms with E-state index in [0.717, 1.165) is 25.4 Å². The van der Waals surface area contributed by atoms with E-state index in [2.05, 4.69) is 15.5 Å². The van der Waals surface area contributed by atoms with Crippen molar-refractivity contribution >= 4 is 6.03 Å². The Morgan fingerprint density at radius 3 is 2.92 bits per heavy atom. The molecule has 2 amide bonds. The number of rotatable bonds is 6. The second-order valence-electron chi connectivity index (χ2n) is 7.47. The molecular formula is C18H29N3O3. The summed E-state index contributed by atoms with van der Waals surface area (Å²) >= 11 is 0. The lowest BCUT2D eigenvalue weighted by Gasteiger charge is -2.23. The van der Waals surface area contributed by atoms with Gasteiger partial charge >= 0.3 is 6.03 Å². The van der Waals surface area contributed by atoms with Gasteiger partial charge in [0.25, 0.3) is 0 Å². The van der Waals surface area contributed by atoms with Gasteiger partial charge in [-0.25, -0.2) is 4.79 Å². The van der Waals surface area contributed by atoms with Gasteiger partial charge in [-0.2, -0.15) is 0 Å². The molecule has 2 aliphatic rings. The Labute approximate surface area is 143 Å². The highest BCUT2D eigenvalue weighted by molar-refractivity contribution is 5.74. The summed E-state index contributed by atoms with van der Waals surface area (Å²) in [6.07, 6.45) is 7.97. The summed E-state index contributed by atoms with van der Waals surface area (Å²) in [5.41, 5.74) is -1.20. The van der Waals surface area contributed by atoms with E-state index < -0.39 is 5.60 Å². The number of aliphatic hydroxyl groups is 1. The predicted octanol–water partition coefficient (Wildman–Crippen LogP) is 2.05. The number of hydrogen-bond donors (Lipinski definition) is 3. The summed E-state index contributed by atoms with van der Waals surface area (Å²) in [5, 5.41) is 16.1. The molecule has 1 aliphatic heterocycles. The van der Waals surface area contributed by atoms with Crippen LogP contribution in [0.15, 0.2) is 22.8 Å². The van der Waals surface area contributed by atoms with Crippen LogP contribution in [0.25, 0.3) is 0 Å². The zero-order chi connectivity index (χ0) is 17.0. The Kier molecular flexibility index (Phi) is 5.46. The number of nitrogens with one attached hydrogen (secondary N) is 2. The highest BCUT2D eigenvalue weighted by atomic mass is 16.4. The third-order valence-electron chi connectivity index (χ3n) is 5.24. The van der Waals surface area contributed by atoms with Crippen molar-refractivity contribution in [3.8, 4) is 0 Å². The molecule has 0 bridgehead atoms. The Morgan fingerprint density at radius 1 is 1.42 bits per heavy atom. The van der Waals surface area contributed by atoms with Gasteiger partial charge in [-0.3, -0.25) is 0 Å². The van der Waals surface area contributed by atoms with Crippen LogP contribution in [0.4, 0.5) is 4.79 Å². The van der Waals surface area contributed by atoms with E-state index in [0.29, 0.717) is 5.76 Å². The number of urea groups is 1. The second kappa shape index (κ2) is 7.57. The molecule has 1 aromatic heterocycles. The summed E-state index contributed by atoms with van der Waals surface area (Å²) in [6.45, 7) is 4.91. The molecule has 0 spiro atoms. The van der Waals surface area contributed by atoms with Crippen molar-refractivity contribution in [2.24, 2.45) is 5.92 Å². The van der Waals surface area contributed by atoms with E-state index in [4.69, 9.17) is 4.42 Å². The van der Waals surface area contributed by atoms with Crippen LogP contribution >= 0.6 is 0 Å². The van der Waals surface area contributed by atoms with Crippen molar-refractivity contribution in [2.45, 2.75) is 50.7 Å². The third-order valence-corrected chi connectivity index (χ3v) is 5.24. The largest absolute Gasteiger partial charge is 0.466 e. The number of carbonyl (C=O) groups is 1. The van der Waals surface area contributed by atoms with Crippen LogP contribution in [-0.2, 0) is 5.60 Å². The van der Waals surface area contributed by atoms with E-state index >= 15 is 0 Å². The minimum Gasteiger partial charge on any atom is -0.466 e. The summed E-state index contributed by atoms with van der Waals surface area (Å²) < 4.78 is 5.21. The van der Waals surface area contributed by atoms with Gasteiger partial charge in [0.05, 0.1) is 12.8 Å². The van der Waals surface area contributed by atoms with Gasteiger partial charge in [0.15, 0.2) is 0 Å². The highest BCUT2D eigenvalue weighted by Gasteiger charge is 2.29. The maximum absolute atomic E-state index is 12.1. The van der Waals surface area contributed by atoms with E-state index in [-0.39, 0.29) is 18.6 Å². The fourth-order valence-corrected chi connectivity index (χ4v) is 3.84. The lowest BCUT2D eigenvalue weighted by molar-refractivity contribution is 0.0366. The molecule has 1 aromatic rings. The van der Waals surface area contributed by atoms with Crippen LogP contribution in [0.2, 0.25) is 0 Å². The molecule has 1 saturated heterocycles. The first kappa shape index (κ1) is 17.3. The fourth-order valence-electron chi connectivity index (χ4n) is 3.84.